The second-order valence-corrected chi connectivity index (χ2v) is 6.90. The van der Waals surface area contributed by atoms with Crippen LogP contribution in [-0.4, -0.2) is 49.7 Å². The largest absolute Gasteiger partial charge is 0.463 e. The van der Waals surface area contributed by atoms with E-state index in [1.807, 2.05) is 0 Å². The number of hydrogen-bond donors (Lipinski definition) is 2. The third kappa shape index (κ3) is 4.42. The summed E-state index contributed by atoms with van der Waals surface area (Å²) >= 11 is 0. The molecule has 3 rings (SSSR count). The van der Waals surface area contributed by atoms with Crippen molar-refractivity contribution in [2.45, 2.75) is 26.3 Å². The third-order valence-corrected chi connectivity index (χ3v) is 4.83. The van der Waals surface area contributed by atoms with Gasteiger partial charge in [-0.25, -0.2) is 14.0 Å². The van der Waals surface area contributed by atoms with Crippen LogP contribution in [0.15, 0.2) is 35.5 Å². The van der Waals surface area contributed by atoms with Gasteiger partial charge in [0.25, 0.3) is 0 Å². The highest BCUT2D eigenvalue weighted by Gasteiger charge is 2.38. The molecular weight excluding hydrogens is 397 g/mol. The molecule has 2 atom stereocenters. The molecule has 1 saturated heterocycles. The first-order valence-electron chi connectivity index (χ1n) is 9.51. The number of anilines is 1. The maximum Gasteiger partial charge on any atom is 0.338 e. The highest BCUT2D eigenvalue weighted by atomic mass is 19.1. The number of hydrogen-bond acceptors (Lipinski definition) is 6. The quantitative estimate of drug-likeness (QED) is 0.671. The number of esters is 2. The molecule has 1 aromatic carbocycles. The van der Waals surface area contributed by atoms with Crippen LogP contribution in [0.25, 0.3) is 0 Å². The lowest BCUT2D eigenvalue weighted by Gasteiger charge is -2.26. The van der Waals surface area contributed by atoms with Gasteiger partial charge < -0.3 is 25.0 Å². The van der Waals surface area contributed by atoms with Crippen LogP contribution in [0.4, 0.5) is 14.9 Å². The van der Waals surface area contributed by atoms with Gasteiger partial charge in [0, 0.05) is 13.0 Å². The first kappa shape index (κ1) is 21.3. The molecule has 10 heteroatoms. The van der Waals surface area contributed by atoms with Crippen LogP contribution in [-0.2, 0) is 23.9 Å². The minimum absolute atomic E-state index is 0.0211. The molecule has 9 nitrogen and oxygen atoms in total. The number of nitrogens with zero attached hydrogens (tertiary/aromatic N) is 1. The monoisotopic (exact) mass is 419 g/mol. The van der Waals surface area contributed by atoms with Crippen molar-refractivity contribution in [2.75, 3.05) is 24.7 Å². The number of nitrogens with one attached hydrogen (secondary N) is 2. The van der Waals surface area contributed by atoms with E-state index >= 15 is 0 Å². The summed E-state index contributed by atoms with van der Waals surface area (Å²) in [7, 11) is 0. The highest BCUT2D eigenvalue weighted by Crippen LogP contribution is 2.28. The Morgan fingerprint density at radius 2 is 1.97 bits per heavy atom. The molecule has 1 aromatic rings. The Morgan fingerprint density at radius 1 is 1.23 bits per heavy atom. The number of carbonyl (C=O) groups is 4. The van der Waals surface area contributed by atoms with Gasteiger partial charge in [-0.3, -0.25) is 9.59 Å². The highest BCUT2D eigenvalue weighted by molar-refractivity contribution is 5.99. The van der Waals surface area contributed by atoms with Gasteiger partial charge in [0.2, 0.25) is 5.91 Å². The van der Waals surface area contributed by atoms with Gasteiger partial charge in [-0.1, -0.05) is 12.1 Å². The molecule has 0 aromatic heterocycles. The summed E-state index contributed by atoms with van der Waals surface area (Å²) in [5, 5.41) is 5.00. The molecule has 2 aliphatic heterocycles. The van der Waals surface area contributed by atoms with Crippen molar-refractivity contribution in [1.29, 1.82) is 0 Å². The molecule has 3 amide bonds. The first-order valence-corrected chi connectivity index (χ1v) is 9.51. The molecule has 2 N–H and O–H groups in total. The molecule has 0 spiro atoms. The molecule has 0 aliphatic carbocycles. The minimum atomic E-state index is -0.793. The summed E-state index contributed by atoms with van der Waals surface area (Å²) in [5.74, 6) is -3.06. The number of carbonyl (C=O) groups excluding carboxylic acids is 4. The van der Waals surface area contributed by atoms with Crippen LogP contribution >= 0.6 is 0 Å². The van der Waals surface area contributed by atoms with Crippen LogP contribution in [0.2, 0.25) is 0 Å². The zero-order valence-electron chi connectivity index (χ0n) is 16.6. The van der Waals surface area contributed by atoms with E-state index in [0.717, 1.165) is 0 Å². The van der Waals surface area contributed by atoms with E-state index in [9.17, 15) is 23.6 Å². The van der Waals surface area contributed by atoms with Crippen molar-refractivity contribution in [2.24, 2.45) is 5.92 Å². The average Bonchev–Trinajstić information content (AvgIpc) is 3.07. The summed E-state index contributed by atoms with van der Waals surface area (Å²) in [5.41, 5.74) is 0.373. The van der Waals surface area contributed by atoms with Gasteiger partial charge in [0.05, 0.1) is 35.5 Å². The zero-order valence-corrected chi connectivity index (χ0v) is 16.6. The Bertz CT molecular complexity index is 916. The van der Waals surface area contributed by atoms with E-state index in [-0.39, 0.29) is 43.1 Å². The van der Waals surface area contributed by atoms with Gasteiger partial charge in [-0.15, -0.1) is 0 Å². The summed E-state index contributed by atoms with van der Waals surface area (Å²) in [6, 6.07) is 4.64. The van der Waals surface area contributed by atoms with Crippen LogP contribution in [0.5, 0.6) is 0 Å². The molecule has 30 heavy (non-hydrogen) atoms. The van der Waals surface area contributed by atoms with Gasteiger partial charge >= 0.3 is 18.0 Å². The Balaban J connectivity index is 1.69. The predicted molar refractivity (Wildman–Crippen MR) is 103 cm³/mol. The Morgan fingerprint density at radius 3 is 2.67 bits per heavy atom. The molecule has 0 unspecified atom stereocenters. The van der Waals surface area contributed by atoms with Crippen molar-refractivity contribution in [3.8, 4) is 0 Å². The van der Waals surface area contributed by atoms with Crippen molar-refractivity contribution in [1.82, 2.24) is 10.6 Å². The zero-order chi connectivity index (χ0) is 21.8. The lowest BCUT2D eigenvalue weighted by Crippen LogP contribution is -2.50. The number of ether oxygens (including phenoxy) is 2. The number of amides is 3. The van der Waals surface area contributed by atoms with Crippen LogP contribution in [0.1, 0.15) is 20.3 Å². The van der Waals surface area contributed by atoms with Crippen LogP contribution < -0.4 is 15.5 Å². The summed E-state index contributed by atoms with van der Waals surface area (Å²) < 4.78 is 24.2. The fourth-order valence-electron chi connectivity index (χ4n) is 3.42. The molecule has 0 saturated carbocycles. The molecule has 160 valence electrons. The summed E-state index contributed by atoms with van der Waals surface area (Å²) in [6.07, 6.45) is -0.124. The number of rotatable bonds is 6. The maximum atomic E-state index is 14.0. The second-order valence-electron chi connectivity index (χ2n) is 6.90. The standard InChI is InChI=1S/C20H22FN3O6/c1-3-29-19(27)17-11(2)22-20(28)23-14(17)10-30-18(26)12-8-16(25)24(9-12)15-7-5-4-6-13(15)21/h4-7,11-12H,3,8-10H2,1-2H3,(H2,22,23,28)/t11-,12+/m0/s1. The summed E-state index contributed by atoms with van der Waals surface area (Å²) in [4.78, 5) is 49.9. The van der Waals surface area contributed by atoms with Gasteiger partial charge in [0.1, 0.15) is 12.4 Å². The first-order chi connectivity index (χ1) is 14.3. The Kier molecular flexibility index (Phi) is 6.34. The van der Waals surface area contributed by atoms with Crippen molar-refractivity contribution >= 4 is 29.6 Å². The van der Waals surface area contributed by atoms with Gasteiger partial charge in [-0.05, 0) is 26.0 Å². The van der Waals surface area contributed by atoms with E-state index in [1.165, 1.54) is 23.1 Å². The van der Waals surface area contributed by atoms with Crippen LogP contribution in [0, 0.1) is 11.7 Å². The van der Waals surface area contributed by atoms with Crippen LogP contribution in [0.3, 0.4) is 0 Å². The SMILES string of the molecule is CCOC(=O)C1=C(COC(=O)[C@@H]2CC(=O)N(c3ccccc3F)C2)NC(=O)N[C@H]1C. The van der Waals surface area contributed by atoms with Crippen molar-refractivity contribution < 1.29 is 33.0 Å². The molecule has 2 heterocycles. The maximum absolute atomic E-state index is 14.0. The molecule has 0 radical (unpaired) electrons. The fourth-order valence-corrected chi connectivity index (χ4v) is 3.42. The third-order valence-electron chi connectivity index (χ3n) is 4.83. The van der Waals surface area contributed by atoms with Gasteiger partial charge in [0.15, 0.2) is 0 Å². The van der Waals surface area contributed by atoms with Crippen molar-refractivity contribution in [3.05, 3.63) is 41.4 Å². The number of halogens is 1. The predicted octanol–water partition coefficient (Wildman–Crippen LogP) is 1.24. The van der Waals surface area contributed by atoms with E-state index in [2.05, 4.69) is 10.6 Å². The number of urea groups is 1. The topological polar surface area (TPSA) is 114 Å². The van der Waals surface area contributed by atoms with Crippen molar-refractivity contribution in [3.63, 3.8) is 0 Å². The lowest BCUT2D eigenvalue weighted by atomic mass is 10.0. The van der Waals surface area contributed by atoms with E-state index < -0.39 is 41.7 Å². The van der Waals surface area contributed by atoms with E-state index in [0.29, 0.717) is 0 Å². The minimum Gasteiger partial charge on any atom is -0.463 e. The molecule has 1 fully saturated rings. The lowest BCUT2D eigenvalue weighted by molar-refractivity contribution is -0.147. The van der Waals surface area contributed by atoms with E-state index in [4.69, 9.17) is 9.47 Å². The average molecular weight is 419 g/mol. The second kappa shape index (κ2) is 8.93. The van der Waals surface area contributed by atoms with Gasteiger partial charge in [-0.2, -0.15) is 0 Å². The number of benzene rings is 1. The normalized spacial score (nSPS) is 21.2. The Labute approximate surface area is 172 Å². The molecule has 0 bridgehead atoms. The van der Waals surface area contributed by atoms with E-state index in [1.54, 1.807) is 19.9 Å². The fraction of sp³-hybridized carbons (Fsp3) is 0.400. The molecular formula is C20H22FN3O6. The Hall–Kier alpha value is -3.43. The molecule has 2 aliphatic rings. The summed E-state index contributed by atoms with van der Waals surface area (Å²) in [6.45, 7) is 3.01. The smallest absolute Gasteiger partial charge is 0.338 e. The number of para-hydroxylation sites is 1.